The molecule has 1 heterocycles. The third-order valence-corrected chi connectivity index (χ3v) is 1.17. The van der Waals surface area contributed by atoms with E-state index in [9.17, 15) is 15.3 Å². The largest absolute Gasteiger partial charge is 0.580 e. The SMILES string of the molecule is Cn1c([N+](=O)[O-])cc[n+]1[O-]. The van der Waals surface area contributed by atoms with Crippen molar-refractivity contribution in [3.8, 4) is 0 Å². The lowest BCUT2D eigenvalue weighted by atomic mass is 10.6. The maximum absolute atomic E-state index is 10.5. The topological polar surface area (TPSA) is 75.0 Å². The molecule has 0 aromatic carbocycles. The lowest BCUT2D eigenvalue weighted by Crippen LogP contribution is -2.34. The van der Waals surface area contributed by atoms with Crippen LogP contribution in [0.25, 0.3) is 0 Å². The van der Waals surface area contributed by atoms with E-state index in [0.29, 0.717) is 4.85 Å². The van der Waals surface area contributed by atoms with Crippen molar-refractivity contribution in [1.82, 2.24) is 4.68 Å². The molecule has 1 aromatic rings. The molecule has 54 valence electrons. The van der Waals surface area contributed by atoms with Gasteiger partial charge >= 0.3 is 5.82 Å². The monoisotopic (exact) mass is 143 g/mol. The smallest absolute Gasteiger partial charge is 0.383 e. The van der Waals surface area contributed by atoms with Gasteiger partial charge in [-0.25, -0.2) is 0 Å². The van der Waals surface area contributed by atoms with E-state index in [2.05, 4.69) is 0 Å². The Morgan fingerprint density at radius 1 is 1.80 bits per heavy atom. The molecule has 1 aromatic heterocycles. The fraction of sp³-hybridized carbons (Fsp3) is 0.250. The molecule has 6 heteroatoms. The summed E-state index contributed by atoms with van der Waals surface area (Å²) in [7, 11) is 1.32. The van der Waals surface area contributed by atoms with E-state index in [0.717, 1.165) is 16.9 Å². The molecule has 0 atom stereocenters. The summed E-state index contributed by atoms with van der Waals surface area (Å²) in [5, 5.41) is 20.6. The van der Waals surface area contributed by atoms with Crippen LogP contribution >= 0.6 is 0 Å². The van der Waals surface area contributed by atoms with E-state index in [1.54, 1.807) is 0 Å². The number of aromatic nitrogens is 2. The first-order chi connectivity index (χ1) is 4.63. The summed E-state index contributed by atoms with van der Waals surface area (Å²) in [5.74, 6) is -0.213. The summed E-state index contributed by atoms with van der Waals surface area (Å²) >= 11 is 0. The highest BCUT2D eigenvalue weighted by molar-refractivity contribution is 5.12. The third-order valence-electron chi connectivity index (χ3n) is 1.17. The van der Waals surface area contributed by atoms with Gasteiger partial charge in [-0.15, -0.1) is 0 Å². The van der Waals surface area contributed by atoms with Crippen molar-refractivity contribution < 1.29 is 9.77 Å². The lowest BCUT2D eigenvalue weighted by Gasteiger charge is -1.91. The van der Waals surface area contributed by atoms with E-state index in [1.807, 2.05) is 0 Å². The van der Waals surface area contributed by atoms with E-state index >= 15 is 0 Å². The van der Waals surface area contributed by atoms with Crippen LogP contribution < -0.4 is 4.85 Å². The van der Waals surface area contributed by atoms with Crippen LogP contribution in [0.4, 0.5) is 5.82 Å². The third kappa shape index (κ3) is 0.790. The average molecular weight is 143 g/mol. The molecule has 0 aliphatic heterocycles. The Morgan fingerprint density at radius 2 is 2.40 bits per heavy atom. The molecular formula is C4H5N3O3. The minimum atomic E-state index is -0.617. The van der Waals surface area contributed by atoms with Gasteiger partial charge < -0.3 is 15.3 Å². The standard InChI is InChI=1S/C4H5N3O3/c1-5-4(7(9)10)2-3-6(5)8/h2-3H,1H3. The molecule has 0 aliphatic carbocycles. The minimum Gasteiger partial charge on any atom is -0.580 e. The van der Waals surface area contributed by atoms with Crippen LogP contribution in [0.3, 0.4) is 0 Å². The molecule has 10 heavy (non-hydrogen) atoms. The Hall–Kier alpha value is -1.59. The van der Waals surface area contributed by atoms with E-state index in [1.165, 1.54) is 7.05 Å². The number of hydrogen-bond acceptors (Lipinski definition) is 3. The van der Waals surface area contributed by atoms with Gasteiger partial charge in [0.1, 0.15) is 13.1 Å². The molecular weight excluding hydrogens is 138 g/mol. The fourth-order valence-electron chi connectivity index (χ4n) is 0.618. The van der Waals surface area contributed by atoms with E-state index in [-0.39, 0.29) is 5.82 Å². The second kappa shape index (κ2) is 1.98. The number of nitrogens with zero attached hydrogens (tertiary/aromatic N) is 3. The summed E-state index contributed by atoms with van der Waals surface area (Å²) in [6.45, 7) is 0. The molecule has 0 aliphatic rings. The zero-order valence-electron chi connectivity index (χ0n) is 5.22. The van der Waals surface area contributed by atoms with Crippen molar-refractivity contribution in [2.75, 3.05) is 0 Å². The number of rotatable bonds is 1. The first-order valence-corrected chi connectivity index (χ1v) is 2.52. The van der Waals surface area contributed by atoms with Crippen LogP contribution in [0.2, 0.25) is 0 Å². The Morgan fingerprint density at radius 3 is 2.60 bits per heavy atom. The predicted octanol–water partition coefficient (Wildman–Crippen LogP) is -0.433. The van der Waals surface area contributed by atoms with Crippen molar-refractivity contribution in [3.05, 3.63) is 27.6 Å². The first-order valence-electron chi connectivity index (χ1n) is 2.52. The van der Waals surface area contributed by atoms with Crippen LogP contribution in [0.15, 0.2) is 12.3 Å². The number of nitro groups is 1. The van der Waals surface area contributed by atoms with Gasteiger partial charge in [0.25, 0.3) is 0 Å². The van der Waals surface area contributed by atoms with Crippen LogP contribution in [-0.2, 0) is 7.05 Å². The Bertz CT molecular complexity index is 267. The highest BCUT2D eigenvalue weighted by Crippen LogP contribution is 2.03. The second-order valence-corrected chi connectivity index (χ2v) is 1.76. The van der Waals surface area contributed by atoms with Crippen LogP contribution in [0, 0.1) is 15.3 Å². The zero-order valence-corrected chi connectivity index (χ0v) is 5.22. The average Bonchev–Trinajstić information content (AvgIpc) is 2.14. The molecule has 0 unspecified atom stereocenters. The molecule has 0 fully saturated rings. The molecule has 0 amide bonds. The van der Waals surface area contributed by atoms with Gasteiger partial charge in [0.15, 0.2) is 0 Å². The van der Waals surface area contributed by atoms with E-state index in [4.69, 9.17) is 0 Å². The second-order valence-electron chi connectivity index (χ2n) is 1.76. The molecule has 0 saturated carbocycles. The molecule has 0 saturated heterocycles. The summed E-state index contributed by atoms with van der Waals surface area (Å²) in [4.78, 5) is 9.84. The first kappa shape index (κ1) is 6.53. The van der Waals surface area contributed by atoms with Crippen molar-refractivity contribution in [2.45, 2.75) is 0 Å². The Balaban J connectivity index is 3.17. The molecule has 0 spiro atoms. The van der Waals surface area contributed by atoms with Crippen molar-refractivity contribution in [2.24, 2.45) is 7.05 Å². The molecule has 0 bridgehead atoms. The van der Waals surface area contributed by atoms with Gasteiger partial charge in [0.05, 0.1) is 0 Å². The molecule has 6 nitrogen and oxygen atoms in total. The Labute approximate surface area is 56.0 Å². The van der Waals surface area contributed by atoms with Crippen molar-refractivity contribution in [3.63, 3.8) is 0 Å². The van der Waals surface area contributed by atoms with Crippen LogP contribution in [0.1, 0.15) is 0 Å². The predicted molar refractivity (Wildman–Crippen MR) is 31.0 cm³/mol. The highest BCUT2D eigenvalue weighted by Gasteiger charge is 2.15. The maximum Gasteiger partial charge on any atom is 0.383 e. The summed E-state index contributed by atoms with van der Waals surface area (Å²) in [6, 6.07) is 1.15. The zero-order chi connectivity index (χ0) is 7.72. The molecule has 0 radical (unpaired) electrons. The summed E-state index contributed by atoms with van der Waals surface area (Å²) < 4.78 is 0.903. The van der Waals surface area contributed by atoms with Gasteiger partial charge in [-0.3, -0.25) is 0 Å². The maximum atomic E-state index is 10.5. The van der Waals surface area contributed by atoms with Gasteiger partial charge in [-0.05, 0) is 14.5 Å². The fourth-order valence-corrected chi connectivity index (χ4v) is 0.618. The number of hydrogen-bond donors (Lipinski definition) is 0. The van der Waals surface area contributed by atoms with Gasteiger partial charge in [-0.1, -0.05) is 0 Å². The minimum absolute atomic E-state index is 0.213. The van der Waals surface area contributed by atoms with Gasteiger partial charge in [0, 0.05) is 0 Å². The van der Waals surface area contributed by atoms with Gasteiger partial charge in [0.2, 0.25) is 6.20 Å². The van der Waals surface area contributed by atoms with Crippen LogP contribution in [-0.4, -0.2) is 9.61 Å². The molecule has 0 N–H and O–H groups in total. The van der Waals surface area contributed by atoms with Gasteiger partial charge in [-0.2, -0.15) is 0 Å². The molecule has 1 rings (SSSR count). The van der Waals surface area contributed by atoms with Crippen molar-refractivity contribution in [1.29, 1.82) is 0 Å². The normalized spacial score (nSPS) is 9.70. The van der Waals surface area contributed by atoms with E-state index < -0.39 is 4.92 Å². The Kier molecular flexibility index (Phi) is 1.29. The van der Waals surface area contributed by atoms with Crippen molar-refractivity contribution >= 4 is 5.82 Å². The quantitative estimate of drug-likeness (QED) is 0.231. The van der Waals surface area contributed by atoms with Crippen LogP contribution in [0.5, 0.6) is 0 Å². The summed E-state index contributed by atoms with van der Waals surface area (Å²) in [6.07, 6.45) is 1.08. The lowest BCUT2D eigenvalue weighted by molar-refractivity contribution is -0.695. The summed E-state index contributed by atoms with van der Waals surface area (Å²) in [5.41, 5.74) is 0. The highest BCUT2D eigenvalue weighted by atomic mass is 16.6.